The van der Waals surface area contributed by atoms with Gasteiger partial charge in [0.05, 0.1) is 17.1 Å². The van der Waals surface area contributed by atoms with Gasteiger partial charge in [-0.3, -0.25) is 9.58 Å². The molecule has 0 aromatic carbocycles. The highest BCUT2D eigenvalue weighted by Crippen LogP contribution is 2.24. The molecule has 5 rings (SSSR count). The minimum absolute atomic E-state index is 0.805. The Morgan fingerprint density at radius 3 is 2.71 bits per heavy atom. The summed E-state index contributed by atoms with van der Waals surface area (Å²) in [6.07, 6.45) is 5.36. The van der Waals surface area contributed by atoms with Gasteiger partial charge in [0.25, 0.3) is 0 Å². The lowest BCUT2D eigenvalue weighted by Crippen LogP contribution is -2.46. The van der Waals surface area contributed by atoms with Crippen LogP contribution in [0.2, 0.25) is 0 Å². The number of pyridine rings is 1. The topological polar surface area (TPSA) is 90.8 Å². The molecular formula is C21H25N9S. The molecule has 160 valence electrons. The number of H-pyrrole nitrogens is 1. The number of aryl methyl sites for hydroxylation is 2. The number of nitrogens with zero attached hydrogens (tertiary/aromatic N) is 7. The molecule has 1 aliphatic heterocycles. The molecule has 0 spiro atoms. The van der Waals surface area contributed by atoms with E-state index >= 15 is 0 Å². The summed E-state index contributed by atoms with van der Waals surface area (Å²) in [5.41, 5.74) is 4.30. The molecule has 0 aliphatic carbocycles. The number of aromatic amines is 1. The molecule has 31 heavy (non-hydrogen) atoms. The van der Waals surface area contributed by atoms with Gasteiger partial charge >= 0.3 is 0 Å². The summed E-state index contributed by atoms with van der Waals surface area (Å²) in [7, 11) is 1.99. The number of thiazole rings is 1. The summed E-state index contributed by atoms with van der Waals surface area (Å²) in [5.74, 6) is 1.64. The molecule has 4 aromatic rings. The van der Waals surface area contributed by atoms with E-state index in [1.807, 2.05) is 29.4 Å². The standard InChI is InChI=1S/C21H25N9S/c1-15-18(4-3-17(25-15)20-22-5-6-23-20)30-10-8-29(9-11-30)14-16-13-19(27-28(16)2)26-21-24-7-12-31-21/h3-7,12-13H,8-11,14H2,1-2H3,(H,22,23)(H,24,26,27). The first-order valence-electron chi connectivity index (χ1n) is 10.3. The van der Waals surface area contributed by atoms with Crippen molar-refractivity contribution in [3.8, 4) is 11.5 Å². The lowest BCUT2D eigenvalue weighted by molar-refractivity contribution is 0.243. The Kier molecular flexibility index (Phi) is 5.39. The number of aromatic nitrogens is 6. The molecule has 0 atom stereocenters. The van der Waals surface area contributed by atoms with Crippen LogP contribution in [0.1, 0.15) is 11.4 Å². The normalized spacial score (nSPS) is 14.8. The van der Waals surface area contributed by atoms with E-state index in [0.29, 0.717) is 0 Å². The van der Waals surface area contributed by atoms with Crippen molar-refractivity contribution in [2.45, 2.75) is 13.5 Å². The Bertz CT molecular complexity index is 1130. The van der Waals surface area contributed by atoms with Crippen molar-refractivity contribution in [2.75, 3.05) is 36.4 Å². The number of rotatable bonds is 6. The van der Waals surface area contributed by atoms with Crippen LogP contribution in [-0.4, -0.2) is 60.8 Å². The molecule has 4 aromatic heterocycles. The summed E-state index contributed by atoms with van der Waals surface area (Å²) in [5, 5.41) is 10.7. The van der Waals surface area contributed by atoms with Gasteiger partial charge in [0.1, 0.15) is 5.69 Å². The molecule has 0 amide bonds. The summed E-state index contributed by atoms with van der Waals surface area (Å²) >= 11 is 1.57. The van der Waals surface area contributed by atoms with Gasteiger partial charge in [0.2, 0.25) is 0 Å². The Labute approximate surface area is 184 Å². The number of anilines is 3. The summed E-state index contributed by atoms with van der Waals surface area (Å²) < 4.78 is 1.95. The second kappa shape index (κ2) is 8.48. The fraction of sp³-hybridized carbons (Fsp3) is 0.333. The van der Waals surface area contributed by atoms with Gasteiger partial charge in [0, 0.05) is 69.8 Å². The Morgan fingerprint density at radius 2 is 2.00 bits per heavy atom. The predicted octanol–water partition coefficient (Wildman–Crippen LogP) is 3.04. The van der Waals surface area contributed by atoms with Crippen LogP contribution in [0.3, 0.4) is 0 Å². The number of piperazine rings is 1. The van der Waals surface area contributed by atoms with Crippen LogP contribution in [-0.2, 0) is 13.6 Å². The van der Waals surface area contributed by atoms with Crippen LogP contribution < -0.4 is 10.2 Å². The third-order valence-corrected chi connectivity index (χ3v) is 6.23. The van der Waals surface area contributed by atoms with Crippen LogP contribution in [0.4, 0.5) is 16.6 Å². The largest absolute Gasteiger partial charge is 0.368 e. The zero-order chi connectivity index (χ0) is 21.2. The quantitative estimate of drug-likeness (QED) is 0.481. The van der Waals surface area contributed by atoms with E-state index in [-0.39, 0.29) is 0 Å². The maximum Gasteiger partial charge on any atom is 0.188 e. The lowest BCUT2D eigenvalue weighted by atomic mass is 10.2. The minimum Gasteiger partial charge on any atom is -0.368 e. The van der Waals surface area contributed by atoms with Gasteiger partial charge < -0.3 is 15.2 Å². The van der Waals surface area contributed by atoms with Crippen LogP contribution in [0, 0.1) is 6.92 Å². The molecule has 1 aliphatic rings. The third-order valence-electron chi connectivity index (χ3n) is 5.54. The summed E-state index contributed by atoms with van der Waals surface area (Å²) in [6, 6.07) is 6.31. The second-order valence-corrected chi connectivity index (χ2v) is 8.50. The van der Waals surface area contributed by atoms with Crippen LogP contribution >= 0.6 is 11.3 Å². The zero-order valence-corrected chi connectivity index (χ0v) is 18.4. The molecular weight excluding hydrogens is 410 g/mol. The van der Waals surface area contributed by atoms with E-state index in [0.717, 1.165) is 60.9 Å². The highest BCUT2D eigenvalue weighted by atomic mass is 32.1. The highest BCUT2D eigenvalue weighted by molar-refractivity contribution is 7.13. The molecule has 0 unspecified atom stereocenters. The minimum atomic E-state index is 0.805. The van der Waals surface area contributed by atoms with E-state index in [1.54, 1.807) is 23.7 Å². The van der Waals surface area contributed by atoms with Crippen molar-refractivity contribution in [1.82, 2.24) is 34.6 Å². The molecule has 10 heteroatoms. The van der Waals surface area contributed by atoms with Crippen LogP contribution in [0.5, 0.6) is 0 Å². The molecule has 5 heterocycles. The van der Waals surface area contributed by atoms with E-state index in [4.69, 9.17) is 4.98 Å². The lowest BCUT2D eigenvalue weighted by Gasteiger charge is -2.36. The summed E-state index contributed by atoms with van der Waals surface area (Å²) in [6.45, 7) is 6.90. The number of imidazole rings is 1. The monoisotopic (exact) mass is 435 g/mol. The van der Waals surface area contributed by atoms with Gasteiger partial charge in [-0.1, -0.05) is 0 Å². The maximum atomic E-state index is 4.75. The SMILES string of the molecule is Cc1nc(-c2ncc[nH]2)ccc1N1CCN(Cc2cc(Nc3nccs3)nn2C)CC1. The average Bonchev–Trinajstić information content (AvgIpc) is 3.53. The fourth-order valence-electron chi connectivity index (χ4n) is 3.91. The Morgan fingerprint density at radius 1 is 1.13 bits per heavy atom. The predicted molar refractivity (Wildman–Crippen MR) is 123 cm³/mol. The van der Waals surface area contributed by atoms with E-state index in [9.17, 15) is 0 Å². The average molecular weight is 436 g/mol. The van der Waals surface area contributed by atoms with Crippen LogP contribution in [0.15, 0.2) is 42.2 Å². The number of hydrogen-bond acceptors (Lipinski definition) is 8. The fourth-order valence-corrected chi connectivity index (χ4v) is 4.45. The summed E-state index contributed by atoms with van der Waals surface area (Å²) in [4.78, 5) is 21.3. The maximum absolute atomic E-state index is 4.75. The van der Waals surface area contributed by atoms with Gasteiger partial charge in [-0.05, 0) is 19.1 Å². The van der Waals surface area contributed by atoms with Crippen molar-refractivity contribution >= 4 is 28.0 Å². The zero-order valence-electron chi connectivity index (χ0n) is 17.6. The van der Waals surface area contributed by atoms with E-state index in [2.05, 4.69) is 54.2 Å². The van der Waals surface area contributed by atoms with E-state index in [1.165, 1.54) is 11.4 Å². The Hall–Kier alpha value is -3.24. The Balaban J connectivity index is 1.20. The van der Waals surface area contributed by atoms with Gasteiger partial charge in [0.15, 0.2) is 16.8 Å². The molecule has 1 fully saturated rings. The third kappa shape index (κ3) is 4.30. The molecule has 0 radical (unpaired) electrons. The molecule has 0 saturated carbocycles. The molecule has 0 bridgehead atoms. The van der Waals surface area contributed by atoms with Crippen molar-refractivity contribution in [3.05, 3.63) is 53.6 Å². The second-order valence-electron chi connectivity index (χ2n) is 7.61. The van der Waals surface area contributed by atoms with Crippen LogP contribution in [0.25, 0.3) is 11.5 Å². The number of nitrogens with one attached hydrogen (secondary N) is 2. The molecule has 2 N–H and O–H groups in total. The smallest absolute Gasteiger partial charge is 0.188 e. The first kappa shape index (κ1) is 19.7. The molecule has 1 saturated heterocycles. The van der Waals surface area contributed by atoms with Crippen molar-refractivity contribution in [1.29, 1.82) is 0 Å². The first-order chi connectivity index (χ1) is 15.2. The molecule has 9 nitrogen and oxygen atoms in total. The van der Waals surface area contributed by atoms with Crippen molar-refractivity contribution < 1.29 is 0 Å². The van der Waals surface area contributed by atoms with Gasteiger partial charge in [-0.15, -0.1) is 11.3 Å². The highest BCUT2D eigenvalue weighted by Gasteiger charge is 2.21. The van der Waals surface area contributed by atoms with Gasteiger partial charge in [-0.25, -0.2) is 15.0 Å². The van der Waals surface area contributed by atoms with E-state index < -0.39 is 0 Å². The van der Waals surface area contributed by atoms with Gasteiger partial charge in [-0.2, -0.15) is 5.10 Å². The van der Waals surface area contributed by atoms with Crippen molar-refractivity contribution in [2.24, 2.45) is 7.05 Å². The first-order valence-corrected chi connectivity index (χ1v) is 11.2. The number of hydrogen-bond donors (Lipinski definition) is 2. The van der Waals surface area contributed by atoms with Crippen molar-refractivity contribution in [3.63, 3.8) is 0 Å².